The zero-order chi connectivity index (χ0) is 19.2. The lowest BCUT2D eigenvalue weighted by atomic mass is 10.1. The monoisotopic (exact) mass is 361 g/mol. The molecule has 27 heavy (non-hydrogen) atoms. The molecule has 0 amide bonds. The number of aliphatic carboxylic acids is 2. The first-order valence-electron chi connectivity index (χ1n) is 7.96. The molecule has 4 aromatic rings. The van der Waals surface area contributed by atoms with Crippen molar-refractivity contribution in [1.82, 2.24) is 14.5 Å². The molecule has 0 unspecified atom stereocenters. The number of aromatic nitrogens is 3. The van der Waals surface area contributed by atoms with Gasteiger partial charge in [-0.15, -0.1) is 0 Å². The molecule has 4 rings (SSSR count). The Balaban J connectivity index is 0.000000307. The molecule has 0 aliphatic carbocycles. The quantitative estimate of drug-likeness (QED) is 0.531. The van der Waals surface area contributed by atoms with Crippen molar-refractivity contribution >= 4 is 23.1 Å². The highest BCUT2D eigenvalue weighted by Gasteiger charge is 2.06. The Hall–Kier alpha value is -4.00. The number of carboxylic acid groups (broad SMARTS) is 2. The summed E-state index contributed by atoms with van der Waals surface area (Å²) in [5.41, 5.74) is 5.28. The van der Waals surface area contributed by atoms with E-state index in [0.717, 1.165) is 16.9 Å². The van der Waals surface area contributed by atoms with Gasteiger partial charge in [-0.1, -0.05) is 42.5 Å². The van der Waals surface area contributed by atoms with E-state index in [1.165, 1.54) is 11.1 Å². The maximum absolute atomic E-state index is 9.10. The predicted octanol–water partition coefficient (Wildman–Crippen LogP) is 3.24. The topological polar surface area (TPSA) is 105 Å². The van der Waals surface area contributed by atoms with Gasteiger partial charge in [-0.2, -0.15) is 0 Å². The van der Waals surface area contributed by atoms with Crippen LogP contribution in [0.5, 0.6) is 0 Å². The molecule has 0 aliphatic rings. The summed E-state index contributed by atoms with van der Waals surface area (Å²) in [4.78, 5) is 26.8. The first-order chi connectivity index (χ1) is 13.1. The van der Waals surface area contributed by atoms with Crippen LogP contribution in [0.2, 0.25) is 0 Å². The number of pyridine rings is 1. The summed E-state index contributed by atoms with van der Waals surface area (Å²) in [7, 11) is 0. The Kier molecular flexibility index (Phi) is 5.22. The summed E-state index contributed by atoms with van der Waals surface area (Å²) in [5, 5.41) is 14.8. The molecule has 2 aromatic heterocycles. The third-order valence-corrected chi connectivity index (χ3v) is 3.74. The van der Waals surface area contributed by atoms with E-state index in [0.29, 0.717) is 0 Å². The van der Waals surface area contributed by atoms with Gasteiger partial charge in [-0.3, -0.25) is 4.57 Å². The number of hydrogen-bond donors (Lipinski definition) is 2. The van der Waals surface area contributed by atoms with Gasteiger partial charge >= 0.3 is 11.9 Å². The van der Waals surface area contributed by atoms with Crippen molar-refractivity contribution in [3.63, 3.8) is 0 Å². The number of carbonyl (C=O) groups is 2. The second-order valence-corrected chi connectivity index (χ2v) is 5.49. The maximum atomic E-state index is 9.10. The maximum Gasteiger partial charge on any atom is 0.414 e. The van der Waals surface area contributed by atoms with E-state index >= 15 is 0 Å². The highest BCUT2D eigenvalue weighted by molar-refractivity contribution is 6.27. The van der Waals surface area contributed by atoms with Crippen LogP contribution in [-0.2, 0) is 9.59 Å². The van der Waals surface area contributed by atoms with Crippen LogP contribution in [0.15, 0.2) is 79.3 Å². The fourth-order valence-corrected chi connectivity index (χ4v) is 2.52. The summed E-state index contributed by atoms with van der Waals surface area (Å²) >= 11 is 0. The van der Waals surface area contributed by atoms with E-state index in [1.54, 1.807) is 6.20 Å². The largest absolute Gasteiger partial charge is 0.473 e. The van der Waals surface area contributed by atoms with Crippen molar-refractivity contribution in [3.8, 4) is 16.8 Å². The van der Waals surface area contributed by atoms with Gasteiger partial charge in [-0.25, -0.2) is 19.6 Å². The van der Waals surface area contributed by atoms with Crippen LogP contribution >= 0.6 is 0 Å². The first-order valence-corrected chi connectivity index (χ1v) is 7.96. The van der Waals surface area contributed by atoms with Crippen LogP contribution in [-0.4, -0.2) is 36.7 Å². The fraction of sp³-hybridized carbons (Fsp3) is 0. The normalized spacial score (nSPS) is 10.1. The van der Waals surface area contributed by atoms with Gasteiger partial charge in [0.2, 0.25) is 0 Å². The van der Waals surface area contributed by atoms with Crippen LogP contribution in [0.1, 0.15) is 0 Å². The van der Waals surface area contributed by atoms with Gasteiger partial charge < -0.3 is 10.2 Å². The minimum Gasteiger partial charge on any atom is -0.473 e. The lowest BCUT2D eigenvalue weighted by molar-refractivity contribution is -0.159. The summed E-state index contributed by atoms with van der Waals surface area (Å²) in [6.07, 6.45) is 3.59. The SMILES string of the molecule is O=C(O)C(=O)O.c1ccc(-c2cccc(-n3cnc4ncccc43)c2)cc1. The van der Waals surface area contributed by atoms with E-state index in [2.05, 4.69) is 63.1 Å². The molecular formula is C20H15N3O4. The van der Waals surface area contributed by atoms with Gasteiger partial charge in [0, 0.05) is 11.9 Å². The molecule has 7 heteroatoms. The molecule has 0 saturated carbocycles. The Bertz CT molecular complexity index is 1080. The Morgan fingerprint density at radius 2 is 1.48 bits per heavy atom. The second kappa shape index (κ2) is 7.92. The number of benzene rings is 2. The van der Waals surface area contributed by atoms with Crippen LogP contribution < -0.4 is 0 Å². The minimum atomic E-state index is -1.82. The van der Waals surface area contributed by atoms with Crippen molar-refractivity contribution in [2.75, 3.05) is 0 Å². The zero-order valence-corrected chi connectivity index (χ0v) is 14.1. The lowest BCUT2D eigenvalue weighted by Crippen LogP contribution is -2.09. The van der Waals surface area contributed by atoms with Crippen molar-refractivity contribution in [2.45, 2.75) is 0 Å². The molecule has 0 aliphatic heterocycles. The zero-order valence-electron chi connectivity index (χ0n) is 14.1. The third-order valence-electron chi connectivity index (χ3n) is 3.74. The molecule has 0 radical (unpaired) electrons. The molecule has 2 heterocycles. The Morgan fingerprint density at radius 1 is 0.778 bits per heavy atom. The van der Waals surface area contributed by atoms with Gasteiger partial charge in [0.15, 0.2) is 5.65 Å². The average Bonchev–Trinajstić information content (AvgIpc) is 3.13. The number of rotatable bonds is 2. The smallest absolute Gasteiger partial charge is 0.414 e. The predicted molar refractivity (Wildman–Crippen MR) is 99.6 cm³/mol. The van der Waals surface area contributed by atoms with Gasteiger partial charge in [0.25, 0.3) is 0 Å². The second-order valence-electron chi connectivity index (χ2n) is 5.49. The number of imidazole rings is 1. The fourth-order valence-electron chi connectivity index (χ4n) is 2.52. The molecule has 134 valence electrons. The Labute approximate surface area is 154 Å². The van der Waals surface area contributed by atoms with Gasteiger partial charge in [0.05, 0.1) is 5.52 Å². The molecule has 2 aromatic carbocycles. The molecule has 0 atom stereocenters. The first kappa shape index (κ1) is 17.8. The standard InChI is InChI=1S/C18H13N3.C2H2O4/c1-2-6-14(7-3-1)15-8-4-9-16(12-15)21-13-20-18-17(21)10-5-11-19-18;3-1(4)2(5)6/h1-13H;(H,3,4)(H,5,6). The van der Waals surface area contributed by atoms with Crippen LogP contribution in [0.4, 0.5) is 0 Å². The van der Waals surface area contributed by atoms with E-state index in [-0.39, 0.29) is 0 Å². The van der Waals surface area contributed by atoms with Crippen molar-refractivity contribution in [2.24, 2.45) is 0 Å². The van der Waals surface area contributed by atoms with Gasteiger partial charge in [-0.05, 0) is 35.4 Å². The lowest BCUT2D eigenvalue weighted by Gasteiger charge is -2.07. The number of carboxylic acids is 2. The van der Waals surface area contributed by atoms with E-state index < -0.39 is 11.9 Å². The molecule has 0 bridgehead atoms. The highest BCUT2D eigenvalue weighted by atomic mass is 16.4. The third kappa shape index (κ3) is 4.16. The molecule has 2 N–H and O–H groups in total. The molecular weight excluding hydrogens is 346 g/mol. The van der Waals surface area contributed by atoms with E-state index in [4.69, 9.17) is 19.8 Å². The number of nitrogens with zero attached hydrogens (tertiary/aromatic N) is 3. The van der Waals surface area contributed by atoms with Crippen molar-refractivity contribution in [3.05, 3.63) is 79.3 Å². The molecule has 0 spiro atoms. The van der Waals surface area contributed by atoms with Crippen LogP contribution in [0.3, 0.4) is 0 Å². The van der Waals surface area contributed by atoms with Crippen LogP contribution in [0.25, 0.3) is 28.0 Å². The molecule has 7 nitrogen and oxygen atoms in total. The molecule has 0 saturated heterocycles. The minimum absolute atomic E-state index is 0.766. The number of hydrogen-bond acceptors (Lipinski definition) is 4. The van der Waals surface area contributed by atoms with Gasteiger partial charge in [0.1, 0.15) is 6.33 Å². The highest BCUT2D eigenvalue weighted by Crippen LogP contribution is 2.23. The number of fused-ring (bicyclic) bond motifs is 1. The average molecular weight is 361 g/mol. The molecule has 0 fully saturated rings. The summed E-state index contributed by atoms with van der Waals surface area (Å²) in [5.74, 6) is -3.65. The van der Waals surface area contributed by atoms with E-state index in [9.17, 15) is 0 Å². The van der Waals surface area contributed by atoms with E-state index in [1.807, 2.05) is 24.5 Å². The summed E-state index contributed by atoms with van der Waals surface area (Å²) < 4.78 is 2.06. The summed E-state index contributed by atoms with van der Waals surface area (Å²) in [6.45, 7) is 0. The van der Waals surface area contributed by atoms with Crippen molar-refractivity contribution < 1.29 is 19.8 Å². The van der Waals surface area contributed by atoms with Crippen LogP contribution in [0, 0.1) is 0 Å². The Morgan fingerprint density at radius 3 is 2.19 bits per heavy atom. The van der Waals surface area contributed by atoms with Crippen molar-refractivity contribution in [1.29, 1.82) is 0 Å². The summed E-state index contributed by atoms with van der Waals surface area (Å²) in [6, 6.07) is 22.8.